The van der Waals surface area contributed by atoms with E-state index in [-0.39, 0.29) is 0 Å². The van der Waals surface area contributed by atoms with Gasteiger partial charge in [0.05, 0.1) is 6.61 Å². The third kappa shape index (κ3) is 4.30. The molecule has 0 aliphatic rings. The molecule has 0 atom stereocenters. The molecule has 1 aromatic carbocycles. The Labute approximate surface area is 111 Å². The maximum Gasteiger partial charge on any atom is 0.341 e. The monoisotopic (exact) mass is 270 g/mol. The Morgan fingerprint density at radius 2 is 2.22 bits per heavy atom. The second-order valence-corrected chi connectivity index (χ2v) is 3.66. The zero-order valence-electron chi connectivity index (χ0n) is 10.1. The minimum atomic E-state index is -1.03. The lowest BCUT2D eigenvalue weighted by atomic mass is 10.1. The molecule has 4 nitrogen and oxygen atoms in total. The second kappa shape index (κ2) is 7.61. The molecule has 98 valence electrons. The van der Waals surface area contributed by atoms with E-state index in [0.29, 0.717) is 24.0 Å². The van der Waals surface area contributed by atoms with Crippen molar-refractivity contribution in [3.63, 3.8) is 0 Å². The molecule has 0 saturated carbocycles. The van der Waals surface area contributed by atoms with Crippen LogP contribution in [0.1, 0.15) is 12.5 Å². The fourth-order valence-electron chi connectivity index (χ4n) is 1.39. The Balaban J connectivity index is 3.03. The molecule has 0 amide bonds. The lowest BCUT2D eigenvalue weighted by Crippen LogP contribution is -2.11. The quantitative estimate of drug-likeness (QED) is 0.774. The van der Waals surface area contributed by atoms with Gasteiger partial charge < -0.3 is 14.6 Å². The van der Waals surface area contributed by atoms with E-state index >= 15 is 0 Å². The topological polar surface area (TPSA) is 55.8 Å². The first kappa shape index (κ1) is 14.4. The number of halogens is 1. The van der Waals surface area contributed by atoms with Gasteiger partial charge in [-0.2, -0.15) is 0 Å². The number of alkyl halides is 1. The number of hydrogen-bond donors (Lipinski definition) is 1. The highest BCUT2D eigenvalue weighted by atomic mass is 35.5. The average Bonchev–Trinajstić information content (AvgIpc) is 2.35. The Bertz CT molecular complexity index is 429. The summed E-state index contributed by atoms with van der Waals surface area (Å²) < 4.78 is 10.7. The van der Waals surface area contributed by atoms with Crippen molar-refractivity contribution in [1.82, 2.24) is 0 Å². The summed E-state index contributed by atoms with van der Waals surface area (Å²) in [5.74, 6) is 0.282. The molecule has 1 aromatic rings. The highest BCUT2D eigenvalue weighted by molar-refractivity contribution is 6.19. The number of carbonyl (C=O) groups is 1. The van der Waals surface area contributed by atoms with E-state index < -0.39 is 12.6 Å². The minimum absolute atomic E-state index is 0.372. The molecular formula is C13H15ClO4. The summed E-state index contributed by atoms with van der Waals surface area (Å²) in [6.45, 7) is 1.92. The summed E-state index contributed by atoms with van der Waals surface area (Å²) in [5, 5.41) is 8.66. The molecule has 0 spiro atoms. The van der Waals surface area contributed by atoms with E-state index in [4.69, 9.17) is 26.2 Å². The van der Waals surface area contributed by atoms with Gasteiger partial charge in [-0.3, -0.25) is 0 Å². The molecule has 1 N–H and O–H groups in total. The van der Waals surface area contributed by atoms with E-state index in [9.17, 15) is 4.79 Å². The largest absolute Gasteiger partial charge is 0.490 e. The van der Waals surface area contributed by atoms with Gasteiger partial charge in [-0.05, 0) is 13.0 Å². The van der Waals surface area contributed by atoms with Crippen molar-refractivity contribution in [2.45, 2.75) is 6.92 Å². The summed E-state index contributed by atoms with van der Waals surface area (Å²) in [6.07, 6.45) is 3.52. The Kier molecular flexibility index (Phi) is 6.08. The number of para-hydroxylation sites is 1. The number of carboxylic acids is 1. The van der Waals surface area contributed by atoms with Gasteiger partial charge in [-0.25, -0.2) is 4.79 Å². The molecule has 1 rings (SSSR count). The van der Waals surface area contributed by atoms with Crippen LogP contribution in [0.4, 0.5) is 0 Å². The van der Waals surface area contributed by atoms with Crippen LogP contribution in [-0.4, -0.2) is 30.2 Å². The Morgan fingerprint density at radius 3 is 2.83 bits per heavy atom. The van der Waals surface area contributed by atoms with Crippen LogP contribution in [0.25, 0.3) is 6.08 Å². The van der Waals surface area contributed by atoms with Crippen molar-refractivity contribution in [1.29, 1.82) is 0 Å². The summed E-state index contributed by atoms with van der Waals surface area (Å²) in [5.41, 5.74) is 0.739. The van der Waals surface area contributed by atoms with Crippen molar-refractivity contribution in [3.05, 3.63) is 29.8 Å². The lowest BCUT2D eigenvalue weighted by molar-refractivity contribution is -0.139. The van der Waals surface area contributed by atoms with Crippen molar-refractivity contribution in [3.8, 4) is 11.5 Å². The fraction of sp³-hybridized carbons (Fsp3) is 0.308. The summed E-state index contributed by atoms with van der Waals surface area (Å²) >= 11 is 5.58. The van der Waals surface area contributed by atoms with Gasteiger partial charge >= 0.3 is 5.97 Å². The van der Waals surface area contributed by atoms with Crippen molar-refractivity contribution in [2.75, 3.05) is 19.1 Å². The normalized spacial score (nSPS) is 10.6. The molecule has 0 unspecified atom stereocenters. The highest BCUT2D eigenvalue weighted by Crippen LogP contribution is 2.32. The number of rotatable bonds is 7. The molecule has 0 fully saturated rings. The molecule has 0 heterocycles. The maximum atomic E-state index is 10.6. The molecule has 0 radical (unpaired) electrons. The number of ether oxygens (including phenoxy) is 2. The van der Waals surface area contributed by atoms with E-state index in [1.807, 2.05) is 19.1 Å². The molecule has 0 aliphatic heterocycles. The lowest BCUT2D eigenvalue weighted by Gasteiger charge is -2.13. The zero-order chi connectivity index (χ0) is 13.4. The van der Waals surface area contributed by atoms with Crippen LogP contribution >= 0.6 is 11.6 Å². The Morgan fingerprint density at radius 1 is 1.44 bits per heavy atom. The van der Waals surface area contributed by atoms with Gasteiger partial charge in [-0.15, -0.1) is 11.6 Å². The SMILES string of the molecule is CCOc1cccc(C=CCCl)c1OCC(=O)O. The third-order valence-corrected chi connectivity index (χ3v) is 2.21. The van der Waals surface area contributed by atoms with Crippen LogP contribution in [0.5, 0.6) is 11.5 Å². The van der Waals surface area contributed by atoms with Crippen molar-refractivity contribution < 1.29 is 19.4 Å². The fourth-order valence-corrected chi connectivity index (χ4v) is 1.48. The zero-order valence-corrected chi connectivity index (χ0v) is 10.8. The van der Waals surface area contributed by atoms with Gasteiger partial charge in [-0.1, -0.05) is 24.3 Å². The van der Waals surface area contributed by atoms with E-state index in [2.05, 4.69) is 0 Å². The van der Waals surface area contributed by atoms with Gasteiger partial charge in [0.15, 0.2) is 18.1 Å². The summed E-state index contributed by atoms with van der Waals surface area (Å²) in [6, 6.07) is 5.36. The molecular weight excluding hydrogens is 256 g/mol. The van der Waals surface area contributed by atoms with Crippen molar-refractivity contribution >= 4 is 23.6 Å². The van der Waals surface area contributed by atoms with Crippen LogP contribution in [0.2, 0.25) is 0 Å². The first-order valence-corrected chi connectivity index (χ1v) is 6.05. The molecule has 0 bridgehead atoms. The number of allylic oxidation sites excluding steroid dienone is 1. The van der Waals surface area contributed by atoms with E-state index in [1.54, 1.807) is 18.2 Å². The van der Waals surface area contributed by atoms with E-state index in [0.717, 1.165) is 5.56 Å². The number of aliphatic carboxylic acids is 1. The highest BCUT2D eigenvalue weighted by Gasteiger charge is 2.10. The van der Waals surface area contributed by atoms with Crippen LogP contribution in [0.3, 0.4) is 0 Å². The predicted molar refractivity (Wildman–Crippen MR) is 70.5 cm³/mol. The van der Waals surface area contributed by atoms with E-state index in [1.165, 1.54) is 0 Å². The van der Waals surface area contributed by atoms with Gasteiger partial charge in [0.1, 0.15) is 0 Å². The number of carboxylic acid groups (broad SMARTS) is 1. The summed E-state index contributed by atoms with van der Waals surface area (Å²) in [7, 11) is 0. The van der Waals surface area contributed by atoms with Gasteiger partial charge in [0, 0.05) is 11.4 Å². The first-order valence-electron chi connectivity index (χ1n) is 5.52. The van der Waals surface area contributed by atoms with Crippen LogP contribution < -0.4 is 9.47 Å². The van der Waals surface area contributed by atoms with Crippen LogP contribution in [0.15, 0.2) is 24.3 Å². The molecule has 18 heavy (non-hydrogen) atoms. The maximum absolute atomic E-state index is 10.6. The van der Waals surface area contributed by atoms with Gasteiger partial charge in [0.2, 0.25) is 0 Å². The summed E-state index contributed by atoms with van der Waals surface area (Å²) in [4.78, 5) is 10.6. The van der Waals surface area contributed by atoms with Gasteiger partial charge in [0.25, 0.3) is 0 Å². The predicted octanol–water partition coefficient (Wildman–Crippen LogP) is 2.80. The number of hydrogen-bond acceptors (Lipinski definition) is 3. The van der Waals surface area contributed by atoms with Crippen LogP contribution in [-0.2, 0) is 4.79 Å². The van der Waals surface area contributed by atoms with Crippen molar-refractivity contribution in [2.24, 2.45) is 0 Å². The first-order chi connectivity index (χ1) is 8.69. The Hall–Kier alpha value is -1.68. The smallest absolute Gasteiger partial charge is 0.341 e. The standard InChI is InChI=1S/C13H15ClO4/c1-2-17-11-7-3-5-10(6-4-8-14)13(11)18-9-12(15)16/h3-7H,2,8-9H2,1H3,(H,15,16). The molecule has 0 aromatic heterocycles. The number of benzene rings is 1. The average molecular weight is 271 g/mol. The van der Waals surface area contributed by atoms with Crippen LogP contribution in [0, 0.1) is 0 Å². The minimum Gasteiger partial charge on any atom is -0.490 e. The molecule has 5 heteroatoms. The second-order valence-electron chi connectivity index (χ2n) is 3.35. The molecule has 0 aliphatic carbocycles. The molecule has 0 saturated heterocycles. The third-order valence-electron chi connectivity index (χ3n) is 2.04.